The number of carbonyl (C=O) groups is 2. The number of nitrogens with one attached hydrogen (secondary N) is 2. The fourth-order valence-electron chi connectivity index (χ4n) is 3.03. The van der Waals surface area contributed by atoms with Gasteiger partial charge in [-0.3, -0.25) is 9.59 Å². The summed E-state index contributed by atoms with van der Waals surface area (Å²) in [5, 5.41) is 5.27. The van der Waals surface area contributed by atoms with Crippen molar-refractivity contribution >= 4 is 39.1 Å². The zero-order chi connectivity index (χ0) is 21.9. The van der Waals surface area contributed by atoms with Gasteiger partial charge in [-0.15, -0.1) is 11.8 Å². The minimum atomic E-state index is -3.70. The van der Waals surface area contributed by atoms with Crippen LogP contribution in [0.3, 0.4) is 0 Å². The van der Waals surface area contributed by atoms with Crippen molar-refractivity contribution in [2.45, 2.75) is 35.4 Å². The van der Waals surface area contributed by atoms with Crippen molar-refractivity contribution in [1.82, 2.24) is 5.32 Å². The fourth-order valence-corrected chi connectivity index (χ4v) is 5.53. The molecule has 0 unspecified atom stereocenters. The second-order valence-electron chi connectivity index (χ2n) is 7.16. The first kappa shape index (κ1) is 22.2. The number of thioether (sulfide) groups is 1. The first-order valence-corrected chi connectivity index (χ1v) is 12.0. The van der Waals surface area contributed by atoms with Crippen LogP contribution in [0.15, 0.2) is 52.3 Å². The summed E-state index contributed by atoms with van der Waals surface area (Å²) in [7, 11) is -2.14. The van der Waals surface area contributed by atoms with E-state index in [0.29, 0.717) is 11.4 Å². The summed E-state index contributed by atoms with van der Waals surface area (Å²) in [5.74, 6) is -0.887. The summed E-state index contributed by atoms with van der Waals surface area (Å²) in [6.07, 6.45) is 0. The summed E-state index contributed by atoms with van der Waals surface area (Å²) >= 11 is 1.39. The Kier molecular flexibility index (Phi) is 6.72. The Morgan fingerprint density at radius 2 is 2.03 bits per heavy atom. The number of benzene rings is 2. The van der Waals surface area contributed by atoms with Crippen molar-refractivity contribution in [2.24, 2.45) is 5.92 Å². The molecule has 0 aliphatic carbocycles. The fraction of sp³-hybridized carbons (Fsp3) is 0.333. The molecule has 7 nitrogen and oxygen atoms in total. The molecule has 1 heterocycles. The van der Waals surface area contributed by atoms with Crippen molar-refractivity contribution in [3.8, 4) is 5.75 Å². The summed E-state index contributed by atoms with van der Waals surface area (Å²) < 4.78 is 30.8. The topological polar surface area (TPSA) is 102 Å². The molecule has 0 saturated heterocycles. The molecule has 160 valence electrons. The molecule has 0 saturated carbocycles. The van der Waals surface area contributed by atoms with Gasteiger partial charge < -0.3 is 15.4 Å². The van der Waals surface area contributed by atoms with Crippen LogP contribution in [0.5, 0.6) is 5.75 Å². The Morgan fingerprint density at radius 3 is 2.77 bits per heavy atom. The van der Waals surface area contributed by atoms with Crippen LogP contribution in [-0.4, -0.2) is 38.3 Å². The third kappa shape index (κ3) is 5.14. The lowest BCUT2D eigenvalue weighted by Crippen LogP contribution is -2.33. The largest absolute Gasteiger partial charge is 0.497 e. The van der Waals surface area contributed by atoms with Crippen LogP contribution in [0.2, 0.25) is 0 Å². The Bertz CT molecular complexity index is 1070. The Labute approximate surface area is 180 Å². The molecule has 3 rings (SSSR count). The zero-order valence-electron chi connectivity index (χ0n) is 17.0. The lowest BCUT2D eigenvalue weighted by molar-refractivity contribution is -0.124. The van der Waals surface area contributed by atoms with Crippen LogP contribution in [0.4, 0.5) is 5.69 Å². The van der Waals surface area contributed by atoms with Crippen LogP contribution >= 0.6 is 11.8 Å². The average molecular weight is 449 g/mol. The molecule has 2 N–H and O–H groups in total. The van der Waals surface area contributed by atoms with Gasteiger partial charge in [0.15, 0.2) is 9.84 Å². The van der Waals surface area contributed by atoms with Gasteiger partial charge in [0.05, 0.1) is 28.7 Å². The minimum absolute atomic E-state index is 0.0872. The first-order valence-electron chi connectivity index (χ1n) is 9.44. The van der Waals surface area contributed by atoms with Gasteiger partial charge in [0.25, 0.3) is 0 Å². The van der Waals surface area contributed by atoms with Crippen LogP contribution in [0, 0.1) is 5.92 Å². The van der Waals surface area contributed by atoms with Gasteiger partial charge in [0, 0.05) is 17.4 Å². The summed E-state index contributed by atoms with van der Waals surface area (Å²) in [6, 6.07) is 12.0. The molecule has 30 heavy (non-hydrogen) atoms. The first-order chi connectivity index (χ1) is 14.2. The normalized spacial score (nSPS) is 16.9. The maximum Gasteiger partial charge on any atom is 0.237 e. The van der Waals surface area contributed by atoms with Gasteiger partial charge in [0.2, 0.25) is 11.8 Å². The molecule has 2 atom stereocenters. The standard InChI is InChI=1S/C21H24N2O5S2/c1-13(20(24)22-11-15-5-4-6-16(9-15)28-3)12-30(26,27)17-7-8-19-18(10-17)23-21(25)14(2)29-19/h4-10,13-14H,11-12H2,1-3H3,(H,22,24)(H,23,25)/t13-,14-/m0/s1. The van der Waals surface area contributed by atoms with E-state index >= 15 is 0 Å². The number of amides is 2. The van der Waals surface area contributed by atoms with Gasteiger partial charge in [-0.05, 0) is 42.8 Å². The zero-order valence-corrected chi connectivity index (χ0v) is 18.6. The van der Waals surface area contributed by atoms with Crippen molar-refractivity contribution < 1.29 is 22.7 Å². The number of hydrogen-bond donors (Lipinski definition) is 2. The molecule has 1 aliphatic heterocycles. The second kappa shape index (κ2) is 9.09. The van der Waals surface area contributed by atoms with Crippen molar-refractivity contribution in [3.05, 3.63) is 48.0 Å². The van der Waals surface area contributed by atoms with E-state index < -0.39 is 15.8 Å². The molecular weight excluding hydrogens is 424 g/mol. The van der Waals surface area contributed by atoms with E-state index in [1.807, 2.05) is 18.2 Å². The monoisotopic (exact) mass is 448 g/mol. The Balaban J connectivity index is 1.65. The van der Waals surface area contributed by atoms with E-state index in [-0.39, 0.29) is 34.3 Å². The van der Waals surface area contributed by atoms with Crippen LogP contribution in [-0.2, 0) is 26.0 Å². The molecule has 1 aliphatic rings. The van der Waals surface area contributed by atoms with Crippen LogP contribution < -0.4 is 15.4 Å². The lowest BCUT2D eigenvalue weighted by atomic mass is 10.2. The lowest BCUT2D eigenvalue weighted by Gasteiger charge is -2.22. The number of hydrogen-bond acceptors (Lipinski definition) is 6. The number of carbonyl (C=O) groups excluding carboxylic acids is 2. The SMILES string of the molecule is COc1cccc(CNC(=O)[C@@H](C)CS(=O)(=O)c2ccc3c(c2)NC(=O)[C@H](C)S3)c1. The van der Waals surface area contributed by atoms with Crippen LogP contribution in [0.25, 0.3) is 0 Å². The minimum Gasteiger partial charge on any atom is -0.497 e. The number of ether oxygens (including phenoxy) is 1. The predicted molar refractivity (Wildman–Crippen MR) is 116 cm³/mol. The molecule has 9 heteroatoms. The molecule has 0 aromatic heterocycles. The number of anilines is 1. The smallest absolute Gasteiger partial charge is 0.237 e. The van der Waals surface area contributed by atoms with Gasteiger partial charge in [0.1, 0.15) is 5.75 Å². The van der Waals surface area contributed by atoms with Gasteiger partial charge in [-0.1, -0.05) is 19.1 Å². The van der Waals surface area contributed by atoms with E-state index in [2.05, 4.69) is 10.6 Å². The van der Waals surface area contributed by atoms with Crippen molar-refractivity contribution in [1.29, 1.82) is 0 Å². The number of rotatable bonds is 7. The number of fused-ring (bicyclic) bond motifs is 1. The van der Waals surface area contributed by atoms with Crippen molar-refractivity contribution in [3.63, 3.8) is 0 Å². The van der Waals surface area contributed by atoms with Crippen molar-refractivity contribution in [2.75, 3.05) is 18.2 Å². The summed E-state index contributed by atoms with van der Waals surface area (Å²) in [6.45, 7) is 3.65. The van der Waals surface area contributed by atoms with E-state index in [1.165, 1.54) is 23.9 Å². The second-order valence-corrected chi connectivity index (χ2v) is 10.6. The molecule has 0 fully saturated rings. The molecular formula is C21H24N2O5S2. The molecule has 0 bridgehead atoms. The summed E-state index contributed by atoms with van der Waals surface area (Å²) in [4.78, 5) is 25.2. The highest BCUT2D eigenvalue weighted by atomic mass is 32.2. The third-order valence-electron chi connectivity index (χ3n) is 4.76. The van der Waals surface area contributed by atoms with Crippen LogP contribution in [0.1, 0.15) is 19.4 Å². The number of methoxy groups -OCH3 is 1. The molecule has 0 spiro atoms. The van der Waals surface area contributed by atoms with E-state index in [4.69, 9.17) is 4.74 Å². The van der Waals surface area contributed by atoms with E-state index in [0.717, 1.165) is 10.5 Å². The quantitative estimate of drug-likeness (QED) is 0.675. The Hall–Kier alpha value is -2.52. The average Bonchev–Trinajstić information content (AvgIpc) is 2.72. The predicted octanol–water partition coefficient (Wildman–Crippen LogP) is 2.85. The van der Waals surface area contributed by atoms with E-state index in [1.54, 1.807) is 33.1 Å². The van der Waals surface area contributed by atoms with Gasteiger partial charge >= 0.3 is 0 Å². The maximum atomic E-state index is 12.8. The summed E-state index contributed by atoms with van der Waals surface area (Å²) in [5.41, 5.74) is 1.34. The highest BCUT2D eigenvalue weighted by molar-refractivity contribution is 8.01. The van der Waals surface area contributed by atoms with Gasteiger partial charge in [-0.25, -0.2) is 8.42 Å². The Morgan fingerprint density at radius 1 is 1.27 bits per heavy atom. The maximum absolute atomic E-state index is 12.8. The number of sulfone groups is 1. The highest BCUT2D eigenvalue weighted by Crippen LogP contribution is 2.37. The molecule has 2 aromatic carbocycles. The molecule has 2 amide bonds. The third-order valence-corrected chi connectivity index (χ3v) is 7.85. The molecule has 0 radical (unpaired) electrons. The highest BCUT2D eigenvalue weighted by Gasteiger charge is 2.27. The van der Waals surface area contributed by atoms with Gasteiger partial charge in [-0.2, -0.15) is 0 Å². The van der Waals surface area contributed by atoms with E-state index in [9.17, 15) is 18.0 Å². The molecule has 2 aromatic rings.